The van der Waals surface area contributed by atoms with E-state index < -0.39 is 0 Å². The third-order valence-electron chi connectivity index (χ3n) is 6.05. The van der Waals surface area contributed by atoms with Crippen LogP contribution in [0.15, 0.2) is 42.6 Å². The van der Waals surface area contributed by atoms with Crippen LogP contribution < -0.4 is 0 Å². The largest absolute Gasteiger partial charge is 0.345 e. The van der Waals surface area contributed by atoms with Crippen molar-refractivity contribution in [2.45, 2.75) is 79.9 Å². The SMILES string of the molecule is CCCCN(Cc1cccn1Cc1cccc(C)c1)C(=O)CN(C(=O)C(C)C)[C@H](C)CC. The maximum atomic E-state index is 13.4. The molecule has 0 radical (unpaired) electrons. The van der Waals surface area contributed by atoms with Gasteiger partial charge in [0, 0.05) is 36.9 Å². The first kappa shape index (κ1) is 25.7. The van der Waals surface area contributed by atoms with Gasteiger partial charge in [0.1, 0.15) is 6.54 Å². The van der Waals surface area contributed by atoms with E-state index in [4.69, 9.17) is 0 Å². The van der Waals surface area contributed by atoms with Crippen LogP contribution in [-0.4, -0.2) is 45.3 Å². The Morgan fingerprint density at radius 1 is 1.06 bits per heavy atom. The molecule has 2 rings (SSSR count). The molecular weight excluding hydrogens is 398 g/mol. The lowest BCUT2D eigenvalue weighted by atomic mass is 10.1. The normalized spacial score (nSPS) is 12.1. The van der Waals surface area contributed by atoms with Gasteiger partial charge >= 0.3 is 0 Å². The molecule has 0 aliphatic carbocycles. The second kappa shape index (κ2) is 12.5. The number of unbranched alkanes of at least 4 members (excludes halogenated alkanes) is 1. The molecule has 0 spiro atoms. The minimum Gasteiger partial charge on any atom is -0.345 e. The number of aromatic nitrogens is 1. The van der Waals surface area contributed by atoms with E-state index in [1.54, 1.807) is 4.90 Å². The van der Waals surface area contributed by atoms with Crippen molar-refractivity contribution in [3.63, 3.8) is 0 Å². The number of rotatable bonds is 12. The lowest BCUT2D eigenvalue weighted by Gasteiger charge is -2.32. The summed E-state index contributed by atoms with van der Waals surface area (Å²) in [4.78, 5) is 29.8. The Labute approximate surface area is 194 Å². The van der Waals surface area contributed by atoms with Crippen molar-refractivity contribution in [3.05, 3.63) is 59.4 Å². The fraction of sp³-hybridized carbons (Fsp3) is 0.556. The lowest BCUT2D eigenvalue weighted by Crippen LogP contribution is -2.48. The fourth-order valence-electron chi connectivity index (χ4n) is 3.84. The molecule has 0 bridgehead atoms. The average Bonchev–Trinajstić information content (AvgIpc) is 3.20. The molecule has 1 aromatic heterocycles. The van der Waals surface area contributed by atoms with E-state index in [-0.39, 0.29) is 30.3 Å². The van der Waals surface area contributed by atoms with Crippen LogP contribution in [0.1, 0.15) is 70.7 Å². The maximum absolute atomic E-state index is 13.4. The maximum Gasteiger partial charge on any atom is 0.242 e. The third-order valence-corrected chi connectivity index (χ3v) is 6.05. The van der Waals surface area contributed by atoms with E-state index in [0.717, 1.165) is 31.5 Å². The van der Waals surface area contributed by atoms with Crippen LogP contribution in [0, 0.1) is 12.8 Å². The molecule has 1 aromatic carbocycles. The van der Waals surface area contributed by atoms with Gasteiger partial charge in [-0.25, -0.2) is 0 Å². The Bertz CT molecular complexity index is 871. The zero-order valence-corrected chi connectivity index (χ0v) is 20.8. The molecule has 32 heavy (non-hydrogen) atoms. The quantitative estimate of drug-likeness (QED) is 0.453. The summed E-state index contributed by atoms with van der Waals surface area (Å²) >= 11 is 0. The van der Waals surface area contributed by atoms with Crippen molar-refractivity contribution >= 4 is 11.8 Å². The number of amides is 2. The van der Waals surface area contributed by atoms with Gasteiger partial charge in [0.2, 0.25) is 11.8 Å². The number of aryl methyl sites for hydroxylation is 1. The number of benzene rings is 1. The highest BCUT2D eigenvalue weighted by Crippen LogP contribution is 2.15. The predicted molar refractivity (Wildman–Crippen MR) is 131 cm³/mol. The van der Waals surface area contributed by atoms with E-state index >= 15 is 0 Å². The fourth-order valence-corrected chi connectivity index (χ4v) is 3.84. The van der Waals surface area contributed by atoms with Crippen molar-refractivity contribution < 1.29 is 9.59 Å². The van der Waals surface area contributed by atoms with Gasteiger partial charge in [-0.1, -0.05) is 63.9 Å². The second-order valence-corrected chi connectivity index (χ2v) is 9.16. The molecule has 2 aromatic rings. The van der Waals surface area contributed by atoms with Crippen molar-refractivity contribution in [1.29, 1.82) is 0 Å². The Morgan fingerprint density at radius 2 is 1.81 bits per heavy atom. The van der Waals surface area contributed by atoms with Crippen molar-refractivity contribution in [1.82, 2.24) is 14.4 Å². The van der Waals surface area contributed by atoms with Gasteiger partial charge in [-0.3, -0.25) is 9.59 Å². The molecule has 0 N–H and O–H groups in total. The van der Waals surface area contributed by atoms with E-state index in [1.807, 2.05) is 31.7 Å². The van der Waals surface area contributed by atoms with Gasteiger partial charge in [0.25, 0.3) is 0 Å². The summed E-state index contributed by atoms with van der Waals surface area (Å²) in [5.74, 6) is -0.0468. The molecule has 0 aliphatic heterocycles. The highest BCUT2D eigenvalue weighted by atomic mass is 16.2. The molecule has 0 saturated heterocycles. The van der Waals surface area contributed by atoms with Crippen LogP contribution in [0.2, 0.25) is 0 Å². The standard InChI is InChI=1S/C27H41N3O2/c1-7-9-15-29(26(31)20-30(23(6)8-2)27(32)21(3)4)19-25-14-11-16-28(25)18-24-13-10-12-22(5)17-24/h10-14,16-17,21,23H,7-9,15,18-20H2,1-6H3/t23-/m1/s1. The van der Waals surface area contributed by atoms with Gasteiger partial charge in [0.15, 0.2) is 0 Å². The molecule has 5 nitrogen and oxygen atoms in total. The zero-order valence-electron chi connectivity index (χ0n) is 20.8. The van der Waals surface area contributed by atoms with E-state index in [0.29, 0.717) is 13.1 Å². The minimum atomic E-state index is -0.118. The highest BCUT2D eigenvalue weighted by molar-refractivity contribution is 5.86. The summed E-state index contributed by atoms with van der Waals surface area (Å²) < 4.78 is 2.21. The first-order valence-electron chi connectivity index (χ1n) is 12.0. The molecule has 176 valence electrons. The van der Waals surface area contributed by atoms with Gasteiger partial charge in [-0.05, 0) is 44.4 Å². The van der Waals surface area contributed by atoms with Gasteiger partial charge < -0.3 is 14.4 Å². The van der Waals surface area contributed by atoms with E-state index in [9.17, 15) is 9.59 Å². The number of hydrogen-bond acceptors (Lipinski definition) is 2. The Morgan fingerprint density at radius 3 is 2.44 bits per heavy atom. The predicted octanol–water partition coefficient (Wildman–Crippen LogP) is 5.26. The van der Waals surface area contributed by atoms with E-state index in [2.05, 4.69) is 61.9 Å². The third kappa shape index (κ3) is 7.25. The number of hydrogen-bond donors (Lipinski definition) is 0. The molecular formula is C27H41N3O2. The summed E-state index contributed by atoms with van der Waals surface area (Å²) in [5.41, 5.74) is 3.61. The van der Waals surface area contributed by atoms with Crippen molar-refractivity contribution in [3.8, 4) is 0 Å². The van der Waals surface area contributed by atoms with Crippen molar-refractivity contribution in [2.24, 2.45) is 5.92 Å². The topological polar surface area (TPSA) is 45.6 Å². The first-order valence-corrected chi connectivity index (χ1v) is 12.0. The molecule has 0 aliphatic rings. The Balaban J connectivity index is 2.18. The lowest BCUT2D eigenvalue weighted by molar-refractivity contribution is -0.144. The molecule has 0 saturated carbocycles. The van der Waals surface area contributed by atoms with Crippen LogP contribution in [0.25, 0.3) is 0 Å². The summed E-state index contributed by atoms with van der Waals surface area (Å²) in [7, 11) is 0. The molecule has 1 heterocycles. The molecule has 0 fully saturated rings. The van der Waals surface area contributed by atoms with Crippen LogP contribution >= 0.6 is 0 Å². The number of nitrogens with zero attached hydrogens (tertiary/aromatic N) is 3. The molecule has 5 heteroatoms. The van der Waals surface area contributed by atoms with Crippen LogP contribution in [0.4, 0.5) is 0 Å². The van der Waals surface area contributed by atoms with E-state index in [1.165, 1.54) is 11.1 Å². The van der Waals surface area contributed by atoms with Crippen LogP contribution in [0.3, 0.4) is 0 Å². The van der Waals surface area contributed by atoms with Gasteiger partial charge in [-0.2, -0.15) is 0 Å². The summed E-state index contributed by atoms with van der Waals surface area (Å²) in [5, 5.41) is 0. The highest BCUT2D eigenvalue weighted by Gasteiger charge is 2.26. The zero-order chi connectivity index (χ0) is 23.7. The Hall–Kier alpha value is -2.56. The monoisotopic (exact) mass is 439 g/mol. The van der Waals surface area contributed by atoms with Crippen LogP contribution in [0.5, 0.6) is 0 Å². The smallest absolute Gasteiger partial charge is 0.242 e. The number of carbonyl (C=O) groups is 2. The van der Waals surface area contributed by atoms with Crippen molar-refractivity contribution in [2.75, 3.05) is 13.1 Å². The van der Waals surface area contributed by atoms with Crippen LogP contribution in [-0.2, 0) is 22.7 Å². The summed E-state index contributed by atoms with van der Waals surface area (Å²) in [6.07, 6.45) is 4.88. The average molecular weight is 440 g/mol. The summed E-state index contributed by atoms with van der Waals surface area (Å²) in [6.45, 7) is 14.3. The first-order chi connectivity index (χ1) is 15.3. The molecule has 2 amide bonds. The molecule has 0 unspecified atom stereocenters. The summed E-state index contributed by atoms with van der Waals surface area (Å²) in [6, 6.07) is 12.7. The molecule has 1 atom stereocenters. The van der Waals surface area contributed by atoms with Gasteiger partial charge in [-0.15, -0.1) is 0 Å². The minimum absolute atomic E-state index is 0.0241. The number of carbonyl (C=O) groups excluding carboxylic acids is 2. The Kier molecular flexibility index (Phi) is 10.0. The second-order valence-electron chi connectivity index (χ2n) is 9.16. The van der Waals surface area contributed by atoms with Gasteiger partial charge in [0.05, 0.1) is 6.54 Å².